The minimum absolute atomic E-state index is 0.136. The average molecular weight is 245 g/mol. The van der Waals surface area contributed by atoms with E-state index in [9.17, 15) is 9.59 Å². The molecule has 0 radical (unpaired) electrons. The van der Waals surface area contributed by atoms with Crippen molar-refractivity contribution >= 4 is 0 Å². The summed E-state index contributed by atoms with van der Waals surface area (Å²) in [5.74, 6) is 0. The standard InChI is InChI=1S/C13H15N3O2/c17-12-14-13(18)16(11-8-4-5-9-11)15(12)10-6-2-1-3-7-10/h1-3,6-7,11H,4-5,8-9H2,(H,14,17,18). The lowest BCUT2D eigenvalue weighted by atomic mass is 10.2. The van der Waals surface area contributed by atoms with Gasteiger partial charge in [-0.15, -0.1) is 0 Å². The van der Waals surface area contributed by atoms with Crippen molar-refractivity contribution in [3.05, 3.63) is 51.3 Å². The summed E-state index contributed by atoms with van der Waals surface area (Å²) in [6.45, 7) is 0. The second kappa shape index (κ2) is 4.33. The molecule has 0 saturated heterocycles. The number of nitrogens with zero attached hydrogens (tertiary/aromatic N) is 2. The van der Waals surface area contributed by atoms with Crippen LogP contribution in [0.2, 0.25) is 0 Å². The first-order valence-electron chi connectivity index (χ1n) is 6.26. The molecule has 1 aromatic heterocycles. The van der Waals surface area contributed by atoms with Crippen LogP contribution < -0.4 is 11.4 Å². The normalized spacial score (nSPS) is 16.2. The molecule has 0 atom stereocenters. The minimum atomic E-state index is -0.363. The Balaban J connectivity index is 2.20. The molecule has 0 amide bonds. The molecule has 5 heteroatoms. The Morgan fingerprint density at radius 3 is 2.33 bits per heavy atom. The number of rotatable bonds is 2. The van der Waals surface area contributed by atoms with Crippen molar-refractivity contribution in [2.24, 2.45) is 0 Å². The Morgan fingerprint density at radius 1 is 1.00 bits per heavy atom. The van der Waals surface area contributed by atoms with Crippen molar-refractivity contribution in [2.45, 2.75) is 31.7 Å². The van der Waals surface area contributed by atoms with Gasteiger partial charge >= 0.3 is 11.4 Å². The van der Waals surface area contributed by atoms with E-state index in [1.165, 1.54) is 4.68 Å². The van der Waals surface area contributed by atoms with E-state index in [0.29, 0.717) is 0 Å². The molecular weight excluding hydrogens is 230 g/mol. The van der Waals surface area contributed by atoms with Gasteiger partial charge in [0.2, 0.25) is 0 Å². The number of H-pyrrole nitrogens is 1. The molecule has 1 fully saturated rings. The molecule has 1 aromatic carbocycles. The molecule has 1 heterocycles. The first kappa shape index (κ1) is 11.1. The lowest BCUT2D eigenvalue weighted by molar-refractivity contribution is 0.413. The molecule has 94 valence electrons. The Bertz CT molecular complexity index is 645. The molecule has 0 bridgehead atoms. The molecule has 0 spiro atoms. The molecule has 1 aliphatic rings. The summed E-state index contributed by atoms with van der Waals surface area (Å²) < 4.78 is 3.03. The molecule has 5 nitrogen and oxygen atoms in total. The van der Waals surface area contributed by atoms with Crippen LogP contribution in [0.15, 0.2) is 39.9 Å². The predicted molar refractivity (Wildman–Crippen MR) is 68.2 cm³/mol. The highest BCUT2D eigenvalue weighted by molar-refractivity contribution is 5.29. The number of aromatic nitrogens is 3. The fourth-order valence-electron chi connectivity index (χ4n) is 2.68. The van der Waals surface area contributed by atoms with Crippen molar-refractivity contribution in [3.8, 4) is 5.69 Å². The topological polar surface area (TPSA) is 59.8 Å². The molecule has 0 aliphatic heterocycles. The smallest absolute Gasteiger partial charge is 0.256 e. The van der Waals surface area contributed by atoms with Gasteiger partial charge in [-0.3, -0.25) is 4.98 Å². The van der Waals surface area contributed by atoms with Crippen LogP contribution in [0.5, 0.6) is 0 Å². The molecule has 1 N–H and O–H groups in total. The second-order valence-corrected chi connectivity index (χ2v) is 4.67. The summed E-state index contributed by atoms with van der Waals surface area (Å²) in [5.41, 5.74) is 0.0570. The molecule has 3 rings (SSSR count). The zero-order chi connectivity index (χ0) is 12.5. The summed E-state index contributed by atoms with van der Waals surface area (Å²) in [6.07, 6.45) is 4.16. The highest BCUT2D eigenvalue weighted by atomic mass is 16.2. The quantitative estimate of drug-likeness (QED) is 0.870. The van der Waals surface area contributed by atoms with Gasteiger partial charge in [0, 0.05) is 0 Å². The third-order valence-electron chi connectivity index (χ3n) is 3.50. The van der Waals surface area contributed by atoms with Crippen LogP contribution in [0.1, 0.15) is 31.7 Å². The second-order valence-electron chi connectivity index (χ2n) is 4.67. The largest absolute Gasteiger partial charge is 0.349 e. The Morgan fingerprint density at radius 2 is 1.67 bits per heavy atom. The molecule has 1 saturated carbocycles. The lowest BCUT2D eigenvalue weighted by Gasteiger charge is -2.15. The van der Waals surface area contributed by atoms with Crippen LogP contribution in [0.3, 0.4) is 0 Å². The number of nitrogens with one attached hydrogen (secondary N) is 1. The van der Waals surface area contributed by atoms with Crippen molar-refractivity contribution in [1.29, 1.82) is 0 Å². The van der Waals surface area contributed by atoms with Gasteiger partial charge < -0.3 is 0 Å². The highest BCUT2D eigenvalue weighted by Crippen LogP contribution is 2.28. The maximum Gasteiger partial charge on any atom is 0.349 e. The predicted octanol–water partition coefficient (Wildman–Crippen LogP) is 1.44. The summed E-state index contributed by atoms with van der Waals surface area (Å²) in [7, 11) is 0. The number of hydrogen-bond donors (Lipinski definition) is 1. The van der Waals surface area contributed by atoms with Gasteiger partial charge in [-0.05, 0) is 25.0 Å². The van der Waals surface area contributed by atoms with E-state index in [0.717, 1.165) is 31.4 Å². The van der Waals surface area contributed by atoms with Crippen LogP contribution in [-0.2, 0) is 0 Å². The number of hydrogen-bond acceptors (Lipinski definition) is 2. The van der Waals surface area contributed by atoms with Crippen molar-refractivity contribution < 1.29 is 0 Å². The van der Waals surface area contributed by atoms with E-state index >= 15 is 0 Å². The summed E-state index contributed by atoms with van der Waals surface area (Å²) in [4.78, 5) is 26.2. The third-order valence-corrected chi connectivity index (χ3v) is 3.50. The van der Waals surface area contributed by atoms with Crippen LogP contribution in [-0.4, -0.2) is 14.3 Å². The summed E-state index contributed by atoms with van der Waals surface area (Å²) in [5, 5.41) is 0. The van der Waals surface area contributed by atoms with Gasteiger partial charge in [0.05, 0.1) is 11.7 Å². The highest BCUT2D eigenvalue weighted by Gasteiger charge is 2.23. The molecule has 1 aliphatic carbocycles. The SMILES string of the molecule is O=c1[nH]c(=O)n(C2CCCC2)n1-c1ccccc1. The number of aromatic amines is 1. The first-order chi connectivity index (χ1) is 8.77. The van der Waals surface area contributed by atoms with E-state index in [4.69, 9.17) is 0 Å². The molecular formula is C13H15N3O2. The van der Waals surface area contributed by atoms with Gasteiger partial charge in [-0.1, -0.05) is 31.0 Å². The fraction of sp³-hybridized carbons (Fsp3) is 0.385. The Hall–Kier alpha value is -2.04. The third kappa shape index (κ3) is 1.72. The van der Waals surface area contributed by atoms with Gasteiger partial charge in [-0.2, -0.15) is 4.68 Å². The number of para-hydroxylation sites is 1. The van der Waals surface area contributed by atoms with Crippen LogP contribution >= 0.6 is 0 Å². The van der Waals surface area contributed by atoms with Crippen LogP contribution in [0.4, 0.5) is 0 Å². The van der Waals surface area contributed by atoms with Gasteiger partial charge in [0.1, 0.15) is 0 Å². The monoisotopic (exact) mass is 245 g/mol. The average Bonchev–Trinajstić information content (AvgIpc) is 2.97. The first-order valence-corrected chi connectivity index (χ1v) is 6.26. The van der Waals surface area contributed by atoms with E-state index in [2.05, 4.69) is 4.98 Å². The minimum Gasteiger partial charge on any atom is -0.256 e. The summed E-state index contributed by atoms with van der Waals surface area (Å²) in [6, 6.07) is 9.41. The van der Waals surface area contributed by atoms with Gasteiger partial charge in [0.25, 0.3) is 0 Å². The lowest BCUT2D eigenvalue weighted by Crippen LogP contribution is -2.28. The fourth-order valence-corrected chi connectivity index (χ4v) is 2.68. The van der Waals surface area contributed by atoms with Gasteiger partial charge in [-0.25, -0.2) is 14.3 Å². The molecule has 2 aromatic rings. The van der Waals surface area contributed by atoms with E-state index in [1.807, 2.05) is 30.3 Å². The zero-order valence-electron chi connectivity index (χ0n) is 10.0. The van der Waals surface area contributed by atoms with Crippen LogP contribution in [0.25, 0.3) is 5.69 Å². The van der Waals surface area contributed by atoms with E-state index in [-0.39, 0.29) is 17.4 Å². The van der Waals surface area contributed by atoms with Crippen LogP contribution in [0, 0.1) is 0 Å². The van der Waals surface area contributed by atoms with Gasteiger partial charge in [0.15, 0.2) is 0 Å². The van der Waals surface area contributed by atoms with E-state index in [1.54, 1.807) is 4.68 Å². The van der Waals surface area contributed by atoms with Crippen molar-refractivity contribution in [1.82, 2.24) is 14.3 Å². The zero-order valence-corrected chi connectivity index (χ0v) is 10.0. The van der Waals surface area contributed by atoms with E-state index < -0.39 is 0 Å². The summed E-state index contributed by atoms with van der Waals surface area (Å²) >= 11 is 0. The number of benzene rings is 1. The molecule has 0 unspecified atom stereocenters. The molecule has 18 heavy (non-hydrogen) atoms. The van der Waals surface area contributed by atoms with Crippen molar-refractivity contribution in [3.63, 3.8) is 0 Å². The Labute approximate surface area is 104 Å². The van der Waals surface area contributed by atoms with Crippen molar-refractivity contribution in [2.75, 3.05) is 0 Å². The maximum atomic E-state index is 11.9. The maximum absolute atomic E-state index is 11.9. The Kier molecular flexibility index (Phi) is 2.66.